The van der Waals surface area contributed by atoms with Gasteiger partial charge in [-0.2, -0.15) is 0 Å². The number of carbonyl (C=O) groups is 1. The van der Waals surface area contributed by atoms with Crippen molar-refractivity contribution in [3.05, 3.63) is 34.2 Å². The minimum absolute atomic E-state index is 0.0867. The second kappa shape index (κ2) is 4.40. The van der Waals surface area contributed by atoms with Crippen molar-refractivity contribution in [2.45, 2.75) is 6.92 Å². The second-order valence-electron chi connectivity index (χ2n) is 3.17. The second-order valence-corrected chi connectivity index (χ2v) is 3.92. The van der Waals surface area contributed by atoms with Gasteiger partial charge in [-0.05, 0) is 22.9 Å². The summed E-state index contributed by atoms with van der Waals surface area (Å²) in [4.78, 5) is 15.3. The molecule has 90 valence electrons. The number of fused-ring (bicyclic) bond motifs is 1. The molecule has 0 spiro atoms. The molecule has 0 aliphatic carbocycles. The Hall–Kier alpha value is -1.50. The average Bonchev–Trinajstić information content (AvgIpc) is 2.57. The molecule has 0 radical (unpaired) electrons. The predicted octanol–water partition coefficient (Wildman–Crippen LogP) is 2.55. The van der Waals surface area contributed by atoms with Crippen LogP contribution in [0.25, 0.3) is 5.65 Å². The van der Waals surface area contributed by atoms with Gasteiger partial charge in [-0.25, -0.2) is 18.6 Å². The van der Waals surface area contributed by atoms with E-state index in [4.69, 9.17) is 4.74 Å². The first-order valence-corrected chi connectivity index (χ1v) is 5.53. The molecule has 17 heavy (non-hydrogen) atoms. The molecule has 0 amide bonds. The molecule has 0 bridgehead atoms. The lowest BCUT2D eigenvalue weighted by Crippen LogP contribution is -2.05. The molecule has 0 aliphatic heterocycles. The summed E-state index contributed by atoms with van der Waals surface area (Å²) in [5.41, 5.74) is -0.224. The van der Waals surface area contributed by atoms with Gasteiger partial charge in [0, 0.05) is 12.3 Å². The highest BCUT2D eigenvalue weighted by molar-refractivity contribution is 9.10. The number of hydrogen-bond donors (Lipinski definition) is 0. The van der Waals surface area contributed by atoms with Crippen LogP contribution in [-0.2, 0) is 4.74 Å². The standard InChI is InChI=1S/C10H7BrF2N2O2/c1-2-17-10(16)7-8(11)15-4-5(12)3-6(13)9(15)14-7/h3-4H,2H2,1H3. The van der Waals surface area contributed by atoms with Crippen molar-refractivity contribution in [3.63, 3.8) is 0 Å². The number of imidazole rings is 1. The van der Waals surface area contributed by atoms with Crippen molar-refractivity contribution in [2.75, 3.05) is 6.61 Å². The Morgan fingerprint density at radius 2 is 2.29 bits per heavy atom. The molecule has 7 heteroatoms. The molecule has 0 unspecified atom stereocenters. The highest BCUT2D eigenvalue weighted by Crippen LogP contribution is 2.22. The maximum atomic E-state index is 13.4. The van der Waals surface area contributed by atoms with Gasteiger partial charge in [-0.15, -0.1) is 0 Å². The maximum absolute atomic E-state index is 13.4. The average molecular weight is 305 g/mol. The number of hydrogen-bond acceptors (Lipinski definition) is 3. The van der Waals surface area contributed by atoms with Crippen LogP contribution >= 0.6 is 15.9 Å². The van der Waals surface area contributed by atoms with Crippen LogP contribution in [-0.4, -0.2) is 22.0 Å². The number of pyridine rings is 1. The van der Waals surface area contributed by atoms with Crippen molar-refractivity contribution in [3.8, 4) is 0 Å². The number of esters is 1. The van der Waals surface area contributed by atoms with Gasteiger partial charge in [-0.3, -0.25) is 4.40 Å². The summed E-state index contributed by atoms with van der Waals surface area (Å²) in [5, 5.41) is 0. The predicted molar refractivity (Wildman–Crippen MR) is 58.8 cm³/mol. The third-order valence-corrected chi connectivity index (χ3v) is 2.81. The molecule has 0 N–H and O–H groups in total. The minimum Gasteiger partial charge on any atom is -0.461 e. The van der Waals surface area contributed by atoms with E-state index >= 15 is 0 Å². The highest BCUT2D eigenvalue weighted by Gasteiger charge is 2.20. The zero-order chi connectivity index (χ0) is 12.6. The van der Waals surface area contributed by atoms with Crippen LogP contribution in [0, 0.1) is 11.6 Å². The molecule has 0 atom stereocenters. The molecule has 2 aromatic heterocycles. The fourth-order valence-electron chi connectivity index (χ4n) is 1.37. The monoisotopic (exact) mass is 304 g/mol. The minimum atomic E-state index is -0.846. The Morgan fingerprint density at radius 1 is 1.59 bits per heavy atom. The van der Waals surface area contributed by atoms with Crippen LogP contribution in [0.15, 0.2) is 16.9 Å². The summed E-state index contributed by atoms with van der Waals surface area (Å²) in [6.07, 6.45) is 1.03. The van der Waals surface area contributed by atoms with Gasteiger partial charge in [0.15, 0.2) is 17.2 Å². The van der Waals surface area contributed by atoms with Crippen LogP contribution < -0.4 is 0 Å². The lowest BCUT2D eigenvalue weighted by molar-refractivity contribution is 0.0519. The SMILES string of the molecule is CCOC(=O)c1nc2c(F)cc(F)cn2c1Br. The van der Waals surface area contributed by atoms with Crippen molar-refractivity contribution in [1.82, 2.24) is 9.38 Å². The van der Waals surface area contributed by atoms with E-state index in [0.29, 0.717) is 6.07 Å². The smallest absolute Gasteiger partial charge is 0.359 e. The largest absolute Gasteiger partial charge is 0.461 e. The van der Waals surface area contributed by atoms with Crippen LogP contribution in [0.2, 0.25) is 0 Å². The highest BCUT2D eigenvalue weighted by atomic mass is 79.9. The Labute approximate surface area is 103 Å². The Balaban J connectivity index is 2.64. The molecule has 0 fully saturated rings. The number of rotatable bonds is 2. The van der Waals surface area contributed by atoms with Gasteiger partial charge in [-0.1, -0.05) is 0 Å². The van der Waals surface area contributed by atoms with E-state index in [0.717, 1.165) is 10.6 Å². The summed E-state index contributed by atoms with van der Waals surface area (Å²) < 4.78 is 32.4. The number of aromatic nitrogens is 2. The Morgan fingerprint density at radius 3 is 2.94 bits per heavy atom. The van der Waals surface area contributed by atoms with Gasteiger partial charge in [0.25, 0.3) is 0 Å². The lowest BCUT2D eigenvalue weighted by Gasteiger charge is -1.98. The van der Waals surface area contributed by atoms with Crippen LogP contribution in [0.4, 0.5) is 8.78 Å². The van der Waals surface area contributed by atoms with Gasteiger partial charge < -0.3 is 4.74 Å². The molecule has 0 saturated carbocycles. The summed E-state index contributed by atoms with van der Waals surface area (Å²) in [6, 6.07) is 0.698. The van der Waals surface area contributed by atoms with Crippen molar-refractivity contribution in [1.29, 1.82) is 0 Å². The van der Waals surface area contributed by atoms with Gasteiger partial charge in [0.1, 0.15) is 10.4 Å². The van der Waals surface area contributed by atoms with E-state index in [1.807, 2.05) is 0 Å². The van der Waals surface area contributed by atoms with E-state index in [9.17, 15) is 13.6 Å². The van der Waals surface area contributed by atoms with Crippen molar-refractivity contribution >= 4 is 27.5 Å². The Bertz CT molecular complexity index is 597. The van der Waals surface area contributed by atoms with E-state index in [1.54, 1.807) is 6.92 Å². The molecule has 0 aromatic carbocycles. The van der Waals surface area contributed by atoms with E-state index in [1.165, 1.54) is 0 Å². The first-order chi connectivity index (χ1) is 8.04. The zero-order valence-electron chi connectivity index (χ0n) is 8.71. The Kier molecular flexibility index (Phi) is 3.10. The summed E-state index contributed by atoms with van der Waals surface area (Å²) in [5.74, 6) is -2.30. The van der Waals surface area contributed by atoms with Crippen LogP contribution in [0.1, 0.15) is 17.4 Å². The number of carbonyl (C=O) groups excluding carboxylic acids is 1. The van der Waals surface area contributed by atoms with Gasteiger partial charge in [0.05, 0.1) is 6.61 Å². The van der Waals surface area contributed by atoms with E-state index in [-0.39, 0.29) is 22.6 Å². The zero-order valence-corrected chi connectivity index (χ0v) is 10.3. The molecule has 2 aromatic rings. The van der Waals surface area contributed by atoms with Crippen molar-refractivity contribution < 1.29 is 18.3 Å². The molecule has 0 saturated heterocycles. The maximum Gasteiger partial charge on any atom is 0.359 e. The van der Waals surface area contributed by atoms with Crippen LogP contribution in [0.3, 0.4) is 0 Å². The summed E-state index contributed by atoms with van der Waals surface area (Å²) >= 11 is 3.06. The summed E-state index contributed by atoms with van der Waals surface area (Å²) in [7, 11) is 0. The van der Waals surface area contributed by atoms with E-state index in [2.05, 4.69) is 20.9 Å². The molecule has 2 rings (SSSR count). The van der Waals surface area contributed by atoms with Crippen molar-refractivity contribution in [2.24, 2.45) is 0 Å². The molecular weight excluding hydrogens is 298 g/mol. The van der Waals surface area contributed by atoms with Gasteiger partial charge >= 0.3 is 5.97 Å². The number of halogens is 3. The first kappa shape index (κ1) is 12.0. The molecule has 0 aliphatic rings. The molecule has 2 heterocycles. The number of nitrogens with zero attached hydrogens (tertiary/aromatic N) is 2. The van der Waals surface area contributed by atoms with Crippen LogP contribution in [0.5, 0.6) is 0 Å². The van der Waals surface area contributed by atoms with E-state index < -0.39 is 17.6 Å². The summed E-state index contributed by atoms with van der Waals surface area (Å²) in [6.45, 7) is 1.82. The number of ether oxygens (including phenoxy) is 1. The normalized spacial score (nSPS) is 10.8. The molecular formula is C10H7BrF2N2O2. The lowest BCUT2D eigenvalue weighted by atomic mass is 10.4. The first-order valence-electron chi connectivity index (χ1n) is 4.74. The quantitative estimate of drug-likeness (QED) is 0.801. The third-order valence-electron chi connectivity index (χ3n) is 2.05. The fraction of sp³-hybridized carbons (Fsp3) is 0.200. The van der Waals surface area contributed by atoms with Gasteiger partial charge in [0.2, 0.25) is 0 Å². The topological polar surface area (TPSA) is 43.6 Å². The third kappa shape index (κ3) is 2.02. The fourth-order valence-corrected chi connectivity index (χ4v) is 1.90. The molecule has 4 nitrogen and oxygen atoms in total.